The predicted molar refractivity (Wildman–Crippen MR) is 90.4 cm³/mol. The molecule has 128 valence electrons. The van der Waals surface area contributed by atoms with E-state index in [1.807, 2.05) is 13.8 Å². The number of nitrogens with zero attached hydrogens (tertiary/aromatic N) is 1. The van der Waals surface area contributed by atoms with Crippen molar-refractivity contribution < 1.29 is 17.9 Å². The van der Waals surface area contributed by atoms with Crippen molar-refractivity contribution in [2.24, 2.45) is 5.14 Å². The molecule has 0 aliphatic rings. The Morgan fingerprint density at radius 3 is 2.42 bits per heavy atom. The van der Waals surface area contributed by atoms with Crippen LogP contribution >= 0.6 is 0 Å². The molecule has 1 aromatic heterocycles. The van der Waals surface area contributed by atoms with Crippen molar-refractivity contribution in [2.75, 3.05) is 5.32 Å². The lowest BCUT2D eigenvalue weighted by Gasteiger charge is -2.13. The van der Waals surface area contributed by atoms with Gasteiger partial charge in [0.05, 0.1) is 6.10 Å². The van der Waals surface area contributed by atoms with Crippen molar-refractivity contribution in [1.82, 2.24) is 4.98 Å². The van der Waals surface area contributed by atoms with Gasteiger partial charge in [-0.2, -0.15) is 0 Å². The number of carbonyl (C=O) groups is 1. The molecule has 0 aliphatic carbocycles. The van der Waals surface area contributed by atoms with Crippen molar-refractivity contribution >= 4 is 21.6 Å². The summed E-state index contributed by atoms with van der Waals surface area (Å²) in [7, 11) is -3.83. The minimum atomic E-state index is -3.83. The van der Waals surface area contributed by atoms with Gasteiger partial charge in [-0.1, -0.05) is 6.92 Å². The fraction of sp³-hybridized carbons (Fsp3) is 0.250. The topological polar surface area (TPSA) is 111 Å². The smallest absolute Gasteiger partial charge is 0.274 e. The first-order valence-corrected chi connectivity index (χ1v) is 8.91. The summed E-state index contributed by atoms with van der Waals surface area (Å²) >= 11 is 0. The summed E-state index contributed by atoms with van der Waals surface area (Å²) in [6.45, 7) is 4.01. The fourth-order valence-electron chi connectivity index (χ4n) is 1.81. The number of pyridine rings is 1. The van der Waals surface area contributed by atoms with E-state index in [1.54, 1.807) is 24.3 Å². The summed E-state index contributed by atoms with van der Waals surface area (Å²) in [5.41, 5.74) is 0.663. The molecule has 1 atom stereocenters. The van der Waals surface area contributed by atoms with Crippen LogP contribution < -0.4 is 15.2 Å². The molecular weight excluding hydrogens is 330 g/mol. The number of benzene rings is 1. The van der Waals surface area contributed by atoms with Crippen LogP contribution in [0, 0.1) is 0 Å². The molecule has 0 aliphatic heterocycles. The van der Waals surface area contributed by atoms with E-state index >= 15 is 0 Å². The predicted octanol–water partition coefficient (Wildman–Crippen LogP) is 2.16. The summed E-state index contributed by atoms with van der Waals surface area (Å²) < 4.78 is 28.0. The zero-order chi connectivity index (χ0) is 17.7. The number of hydrogen-bond acceptors (Lipinski definition) is 5. The number of nitrogens with two attached hydrogens (primary N) is 1. The van der Waals surface area contributed by atoms with Crippen LogP contribution in [0.5, 0.6) is 5.75 Å². The molecule has 0 radical (unpaired) electrons. The second kappa shape index (κ2) is 7.41. The van der Waals surface area contributed by atoms with E-state index in [9.17, 15) is 13.2 Å². The minimum Gasteiger partial charge on any atom is -0.491 e. The summed E-state index contributed by atoms with van der Waals surface area (Å²) in [5, 5.41) is 7.66. The van der Waals surface area contributed by atoms with Gasteiger partial charge in [0.15, 0.2) is 0 Å². The third kappa shape index (κ3) is 4.77. The van der Waals surface area contributed by atoms with E-state index in [4.69, 9.17) is 9.88 Å². The molecular formula is C16H19N3O4S. The quantitative estimate of drug-likeness (QED) is 0.830. The zero-order valence-electron chi connectivity index (χ0n) is 13.4. The third-order valence-corrected chi connectivity index (χ3v) is 4.22. The van der Waals surface area contributed by atoms with Crippen molar-refractivity contribution in [3.63, 3.8) is 0 Å². The average Bonchev–Trinajstić information content (AvgIpc) is 2.55. The Kier molecular flexibility index (Phi) is 5.53. The lowest BCUT2D eigenvalue weighted by Crippen LogP contribution is -2.16. The molecule has 1 unspecified atom stereocenters. The maximum Gasteiger partial charge on any atom is 0.274 e. The van der Waals surface area contributed by atoms with Gasteiger partial charge in [0.2, 0.25) is 10.0 Å². The van der Waals surface area contributed by atoms with Crippen LogP contribution in [0.25, 0.3) is 0 Å². The molecule has 0 saturated heterocycles. The monoisotopic (exact) mass is 349 g/mol. The molecule has 24 heavy (non-hydrogen) atoms. The van der Waals surface area contributed by atoms with Gasteiger partial charge in [-0.25, -0.2) is 18.5 Å². The first kappa shape index (κ1) is 17.9. The molecule has 2 aromatic rings. The van der Waals surface area contributed by atoms with Crippen LogP contribution in [0.15, 0.2) is 47.5 Å². The van der Waals surface area contributed by atoms with Gasteiger partial charge in [0, 0.05) is 11.9 Å². The summed E-state index contributed by atoms with van der Waals surface area (Å²) in [6.07, 6.45) is 2.07. The van der Waals surface area contributed by atoms with E-state index in [1.165, 1.54) is 12.1 Å². The maximum atomic E-state index is 12.1. The SMILES string of the molecule is CCC(C)Oc1ccc(NC(=O)c2ccc(S(N)(=O)=O)cn2)cc1. The molecule has 0 fully saturated rings. The Balaban J connectivity index is 2.04. The maximum absolute atomic E-state index is 12.1. The number of nitrogens with one attached hydrogen (secondary N) is 1. The van der Waals surface area contributed by atoms with Gasteiger partial charge in [0.1, 0.15) is 16.3 Å². The minimum absolute atomic E-state index is 0.0855. The lowest BCUT2D eigenvalue weighted by molar-refractivity contribution is 0.102. The highest BCUT2D eigenvalue weighted by atomic mass is 32.2. The van der Waals surface area contributed by atoms with E-state index in [0.29, 0.717) is 5.69 Å². The van der Waals surface area contributed by atoms with Crippen molar-refractivity contribution in [2.45, 2.75) is 31.3 Å². The molecule has 1 heterocycles. The van der Waals surface area contributed by atoms with Gasteiger partial charge in [-0.05, 0) is 49.7 Å². The Hall–Kier alpha value is -2.45. The number of amides is 1. The van der Waals surface area contributed by atoms with Crippen LogP contribution in [0.4, 0.5) is 5.69 Å². The molecule has 1 aromatic carbocycles. The van der Waals surface area contributed by atoms with Crippen molar-refractivity contribution in [3.05, 3.63) is 48.3 Å². The standard InChI is InChI=1S/C16H19N3O4S/c1-3-11(2)23-13-6-4-12(5-7-13)19-16(20)15-9-8-14(10-18-15)24(17,21)22/h4-11H,3H2,1-2H3,(H,19,20)(H2,17,21,22). The van der Waals surface area contributed by atoms with Crippen molar-refractivity contribution in [1.29, 1.82) is 0 Å². The summed E-state index contributed by atoms with van der Waals surface area (Å²) in [5.74, 6) is 0.268. The van der Waals surface area contributed by atoms with Crippen molar-refractivity contribution in [3.8, 4) is 5.75 Å². The summed E-state index contributed by atoms with van der Waals surface area (Å²) in [4.78, 5) is 15.8. The van der Waals surface area contributed by atoms with Crippen LogP contribution in [0.2, 0.25) is 0 Å². The Morgan fingerprint density at radius 2 is 1.92 bits per heavy atom. The van der Waals surface area contributed by atoms with Crippen LogP contribution in [-0.4, -0.2) is 25.4 Å². The second-order valence-electron chi connectivity index (χ2n) is 5.24. The molecule has 0 saturated carbocycles. The van der Waals surface area contributed by atoms with E-state index < -0.39 is 15.9 Å². The van der Waals surface area contributed by atoms with Gasteiger partial charge in [0.25, 0.3) is 5.91 Å². The zero-order valence-corrected chi connectivity index (χ0v) is 14.2. The molecule has 1 amide bonds. The number of carbonyl (C=O) groups excluding carboxylic acids is 1. The van der Waals surface area contributed by atoms with Crippen LogP contribution in [0.3, 0.4) is 0 Å². The average molecular weight is 349 g/mol. The Bertz CT molecular complexity index is 802. The van der Waals surface area contributed by atoms with Crippen LogP contribution in [-0.2, 0) is 10.0 Å². The van der Waals surface area contributed by atoms with E-state index in [0.717, 1.165) is 18.4 Å². The molecule has 2 rings (SSSR count). The van der Waals surface area contributed by atoms with E-state index in [2.05, 4.69) is 10.3 Å². The molecule has 0 bridgehead atoms. The number of hydrogen-bond donors (Lipinski definition) is 2. The number of sulfonamides is 1. The highest BCUT2D eigenvalue weighted by Crippen LogP contribution is 2.18. The highest BCUT2D eigenvalue weighted by molar-refractivity contribution is 7.89. The molecule has 8 heteroatoms. The Morgan fingerprint density at radius 1 is 1.25 bits per heavy atom. The van der Waals surface area contributed by atoms with Gasteiger partial charge >= 0.3 is 0 Å². The number of rotatable bonds is 6. The highest BCUT2D eigenvalue weighted by Gasteiger charge is 2.12. The summed E-state index contributed by atoms with van der Waals surface area (Å²) in [6, 6.07) is 9.50. The van der Waals surface area contributed by atoms with Gasteiger partial charge in [-0.15, -0.1) is 0 Å². The van der Waals surface area contributed by atoms with Crippen LogP contribution in [0.1, 0.15) is 30.8 Å². The largest absolute Gasteiger partial charge is 0.491 e. The number of aromatic nitrogens is 1. The molecule has 3 N–H and O–H groups in total. The molecule has 7 nitrogen and oxygen atoms in total. The number of primary sulfonamides is 1. The molecule has 0 spiro atoms. The van der Waals surface area contributed by atoms with E-state index in [-0.39, 0.29) is 16.7 Å². The first-order valence-electron chi connectivity index (χ1n) is 7.36. The van der Waals surface area contributed by atoms with Gasteiger partial charge in [-0.3, -0.25) is 4.79 Å². The number of anilines is 1. The normalized spacial score (nSPS) is 12.5. The lowest BCUT2D eigenvalue weighted by atomic mass is 10.2. The fourth-order valence-corrected chi connectivity index (χ4v) is 2.27. The number of ether oxygens (including phenoxy) is 1. The van der Waals surface area contributed by atoms with Gasteiger partial charge < -0.3 is 10.1 Å². The third-order valence-electron chi connectivity index (χ3n) is 3.32. The second-order valence-corrected chi connectivity index (χ2v) is 6.80. The first-order chi connectivity index (χ1) is 11.3. The Labute approximate surface area is 140 Å².